The van der Waals surface area contributed by atoms with Gasteiger partial charge in [-0.25, -0.2) is 0 Å². The van der Waals surface area contributed by atoms with E-state index < -0.39 is 0 Å². The van der Waals surface area contributed by atoms with E-state index in [0.29, 0.717) is 0 Å². The Labute approximate surface area is 71.2 Å². The van der Waals surface area contributed by atoms with Crippen LogP contribution in [0.4, 0.5) is 0 Å². The number of carbonyl (C=O) groups is 1. The standard InChI is InChI=1S/C10H10O2/c1-7(11)9-3-2-8-4-5-12-10(8)6-9/h2-3,6H,4-5H2,1H3. The van der Waals surface area contributed by atoms with Gasteiger partial charge in [-0.1, -0.05) is 12.1 Å². The lowest BCUT2D eigenvalue weighted by molar-refractivity contribution is 0.101. The summed E-state index contributed by atoms with van der Waals surface area (Å²) in [5.74, 6) is 0.969. The van der Waals surface area contributed by atoms with E-state index in [-0.39, 0.29) is 5.78 Å². The number of fused-ring (bicyclic) bond motifs is 1. The minimum atomic E-state index is 0.0910. The third-order valence-corrected chi connectivity index (χ3v) is 2.10. The van der Waals surface area contributed by atoms with Crippen LogP contribution in [0.25, 0.3) is 0 Å². The molecule has 1 heterocycles. The highest BCUT2D eigenvalue weighted by atomic mass is 16.5. The van der Waals surface area contributed by atoms with Gasteiger partial charge in [-0.3, -0.25) is 4.79 Å². The van der Waals surface area contributed by atoms with Crippen LogP contribution in [0.1, 0.15) is 22.8 Å². The molecule has 0 N–H and O–H groups in total. The number of hydrogen-bond donors (Lipinski definition) is 0. The fraction of sp³-hybridized carbons (Fsp3) is 0.300. The zero-order valence-electron chi connectivity index (χ0n) is 6.96. The van der Waals surface area contributed by atoms with Crippen LogP contribution in [0.15, 0.2) is 18.2 Å². The molecule has 0 amide bonds. The van der Waals surface area contributed by atoms with E-state index in [9.17, 15) is 4.79 Å². The molecule has 0 atom stereocenters. The van der Waals surface area contributed by atoms with Gasteiger partial charge in [-0.15, -0.1) is 0 Å². The number of Topliss-reactive ketones (excluding diaryl/α,β-unsaturated/α-hetero) is 1. The van der Waals surface area contributed by atoms with Crippen LogP contribution in [-0.2, 0) is 6.42 Å². The SMILES string of the molecule is CC(=O)c1ccc2c(c1)OCC2. The quantitative estimate of drug-likeness (QED) is 0.589. The van der Waals surface area contributed by atoms with Gasteiger partial charge in [0, 0.05) is 12.0 Å². The molecular weight excluding hydrogens is 152 g/mol. The van der Waals surface area contributed by atoms with Gasteiger partial charge in [0.15, 0.2) is 5.78 Å². The molecule has 1 aromatic rings. The minimum Gasteiger partial charge on any atom is -0.493 e. The van der Waals surface area contributed by atoms with Gasteiger partial charge in [0.05, 0.1) is 6.61 Å². The zero-order chi connectivity index (χ0) is 8.55. The summed E-state index contributed by atoms with van der Waals surface area (Å²) in [6.07, 6.45) is 0.966. The first-order chi connectivity index (χ1) is 5.77. The van der Waals surface area contributed by atoms with Gasteiger partial charge in [0.25, 0.3) is 0 Å². The highest BCUT2D eigenvalue weighted by molar-refractivity contribution is 5.94. The van der Waals surface area contributed by atoms with Gasteiger partial charge in [-0.05, 0) is 18.6 Å². The van der Waals surface area contributed by atoms with E-state index in [1.807, 2.05) is 18.2 Å². The molecule has 0 aromatic heterocycles. The summed E-state index contributed by atoms with van der Waals surface area (Å²) < 4.78 is 5.34. The van der Waals surface area contributed by atoms with E-state index in [4.69, 9.17) is 4.74 Å². The first-order valence-corrected chi connectivity index (χ1v) is 4.04. The number of hydrogen-bond acceptors (Lipinski definition) is 2. The lowest BCUT2D eigenvalue weighted by Crippen LogP contribution is -1.92. The summed E-state index contributed by atoms with van der Waals surface area (Å²) in [4.78, 5) is 11.0. The number of ketones is 1. The fourth-order valence-corrected chi connectivity index (χ4v) is 1.39. The molecule has 0 bridgehead atoms. The van der Waals surface area contributed by atoms with E-state index in [2.05, 4.69) is 0 Å². The van der Waals surface area contributed by atoms with Gasteiger partial charge in [0.1, 0.15) is 5.75 Å². The third kappa shape index (κ3) is 1.09. The third-order valence-electron chi connectivity index (χ3n) is 2.10. The Morgan fingerprint density at radius 2 is 2.33 bits per heavy atom. The van der Waals surface area contributed by atoms with Crippen molar-refractivity contribution < 1.29 is 9.53 Å². The molecule has 0 radical (unpaired) electrons. The molecule has 1 aliphatic rings. The van der Waals surface area contributed by atoms with E-state index in [1.165, 1.54) is 5.56 Å². The smallest absolute Gasteiger partial charge is 0.159 e. The Morgan fingerprint density at radius 3 is 3.08 bits per heavy atom. The van der Waals surface area contributed by atoms with Crippen LogP contribution in [0.5, 0.6) is 5.75 Å². The molecule has 2 heteroatoms. The van der Waals surface area contributed by atoms with Crippen molar-refractivity contribution in [2.24, 2.45) is 0 Å². The molecule has 0 aliphatic carbocycles. The Kier molecular flexibility index (Phi) is 1.61. The second kappa shape index (κ2) is 2.63. The van der Waals surface area contributed by atoms with Crippen LogP contribution >= 0.6 is 0 Å². The molecule has 0 fully saturated rings. The van der Waals surface area contributed by atoms with Crippen molar-refractivity contribution in [2.75, 3.05) is 6.61 Å². The maximum atomic E-state index is 11.0. The maximum absolute atomic E-state index is 11.0. The number of rotatable bonds is 1. The van der Waals surface area contributed by atoms with Crippen molar-refractivity contribution in [1.82, 2.24) is 0 Å². The number of ether oxygens (including phenoxy) is 1. The monoisotopic (exact) mass is 162 g/mol. The molecule has 1 aromatic carbocycles. The van der Waals surface area contributed by atoms with E-state index in [0.717, 1.165) is 24.3 Å². The molecule has 62 valence electrons. The molecule has 2 rings (SSSR count). The summed E-state index contributed by atoms with van der Waals surface area (Å²) in [6, 6.07) is 5.65. The van der Waals surface area contributed by atoms with Gasteiger partial charge >= 0.3 is 0 Å². The van der Waals surface area contributed by atoms with Gasteiger partial charge in [-0.2, -0.15) is 0 Å². The highest BCUT2D eigenvalue weighted by Gasteiger charge is 2.12. The average molecular weight is 162 g/mol. The first kappa shape index (κ1) is 7.35. The molecule has 0 saturated heterocycles. The van der Waals surface area contributed by atoms with Crippen molar-refractivity contribution in [2.45, 2.75) is 13.3 Å². The van der Waals surface area contributed by atoms with Crippen LogP contribution < -0.4 is 4.74 Å². The summed E-state index contributed by atoms with van der Waals surface area (Å²) in [5.41, 5.74) is 1.94. The maximum Gasteiger partial charge on any atom is 0.159 e. The predicted molar refractivity (Wildman–Crippen MR) is 45.6 cm³/mol. The fourth-order valence-electron chi connectivity index (χ4n) is 1.39. The predicted octanol–water partition coefficient (Wildman–Crippen LogP) is 1.82. The topological polar surface area (TPSA) is 26.3 Å². The zero-order valence-corrected chi connectivity index (χ0v) is 6.96. The van der Waals surface area contributed by atoms with Crippen LogP contribution in [-0.4, -0.2) is 12.4 Å². The Morgan fingerprint density at radius 1 is 1.50 bits per heavy atom. The molecule has 1 aliphatic heterocycles. The van der Waals surface area contributed by atoms with Crippen molar-refractivity contribution in [3.05, 3.63) is 29.3 Å². The Hall–Kier alpha value is -1.31. The highest BCUT2D eigenvalue weighted by Crippen LogP contribution is 2.26. The second-order valence-electron chi connectivity index (χ2n) is 2.98. The van der Waals surface area contributed by atoms with Crippen molar-refractivity contribution >= 4 is 5.78 Å². The van der Waals surface area contributed by atoms with Crippen molar-refractivity contribution in [1.29, 1.82) is 0 Å². The van der Waals surface area contributed by atoms with Crippen molar-refractivity contribution in [3.8, 4) is 5.75 Å². The first-order valence-electron chi connectivity index (χ1n) is 4.04. The Bertz CT molecular complexity index is 329. The van der Waals surface area contributed by atoms with Crippen molar-refractivity contribution in [3.63, 3.8) is 0 Å². The van der Waals surface area contributed by atoms with Crippen LogP contribution in [0.3, 0.4) is 0 Å². The molecule has 2 nitrogen and oxygen atoms in total. The van der Waals surface area contributed by atoms with E-state index in [1.54, 1.807) is 6.92 Å². The molecular formula is C10H10O2. The Balaban J connectivity index is 2.45. The largest absolute Gasteiger partial charge is 0.493 e. The molecule has 0 saturated carbocycles. The second-order valence-corrected chi connectivity index (χ2v) is 2.98. The summed E-state index contributed by atoms with van der Waals surface area (Å²) in [7, 11) is 0. The molecule has 12 heavy (non-hydrogen) atoms. The number of carbonyl (C=O) groups excluding carboxylic acids is 1. The summed E-state index contributed by atoms with van der Waals surface area (Å²) in [5, 5.41) is 0. The summed E-state index contributed by atoms with van der Waals surface area (Å²) in [6.45, 7) is 2.31. The molecule has 0 spiro atoms. The lowest BCUT2D eigenvalue weighted by Gasteiger charge is -2.00. The van der Waals surface area contributed by atoms with E-state index >= 15 is 0 Å². The normalized spacial score (nSPS) is 13.8. The minimum absolute atomic E-state index is 0.0910. The lowest BCUT2D eigenvalue weighted by atomic mass is 10.1. The van der Waals surface area contributed by atoms with Gasteiger partial charge in [0.2, 0.25) is 0 Å². The summed E-state index contributed by atoms with van der Waals surface area (Å²) >= 11 is 0. The molecule has 0 unspecified atom stereocenters. The number of benzene rings is 1. The van der Waals surface area contributed by atoms with Crippen LogP contribution in [0.2, 0.25) is 0 Å². The van der Waals surface area contributed by atoms with Crippen LogP contribution in [0, 0.1) is 0 Å². The average Bonchev–Trinajstić information content (AvgIpc) is 2.49. The van der Waals surface area contributed by atoms with Gasteiger partial charge < -0.3 is 4.74 Å².